The van der Waals surface area contributed by atoms with Crippen molar-refractivity contribution in [2.24, 2.45) is 5.92 Å². The standard InChI is InChI=1S/C14H18N2S/c1-10(2)9-16(11-7-8-11)14-15-12-5-3-4-6-13(12)17-14/h3-6,10-11H,7-9H2,1-2H3. The Morgan fingerprint density at radius 2 is 2.12 bits per heavy atom. The molecule has 2 aromatic rings. The Morgan fingerprint density at radius 1 is 1.35 bits per heavy atom. The number of fused-ring (bicyclic) bond motifs is 1. The van der Waals surface area contributed by atoms with Crippen LogP contribution in [0.2, 0.25) is 0 Å². The number of aromatic nitrogens is 1. The zero-order valence-corrected chi connectivity index (χ0v) is 11.2. The smallest absolute Gasteiger partial charge is 0.186 e. The first-order chi connectivity index (χ1) is 8.24. The molecule has 1 aromatic carbocycles. The number of para-hydroxylation sites is 1. The quantitative estimate of drug-likeness (QED) is 0.813. The maximum atomic E-state index is 4.77. The van der Waals surface area contributed by atoms with Gasteiger partial charge in [0, 0.05) is 12.6 Å². The minimum atomic E-state index is 0.697. The summed E-state index contributed by atoms with van der Waals surface area (Å²) >= 11 is 1.83. The molecule has 90 valence electrons. The summed E-state index contributed by atoms with van der Waals surface area (Å²) in [5.74, 6) is 0.697. The highest BCUT2D eigenvalue weighted by molar-refractivity contribution is 7.22. The summed E-state index contributed by atoms with van der Waals surface area (Å²) in [6.45, 7) is 5.69. The summed E-state index contributed by atoms with van der Waals surface area (Å²) < 4.78 is 1.30. The van der Waals surface area contributed by atoms with Crippen molar-refractivity contribution < 1.29 is 0 Å². The molecule has 1 aliphatic carbocycles. The van der Waals surface area contributed by atoms with Crippen LogP contribution in [0.4, 0.5) is 5.13 Å². The SMILES string of the molecule is CC(C)CN(c1nc2ccccc2s1)C1CC1. The second-order valence-corrected chi connectivity index (χ2v) is 6.25. The van der Waals surface area contributed by atoms with E-state index >= 15 is 0 Å². The molecule has 0 spiro atoms. The number of rotatable bonds is 4. The molecule has 0 unspecified atom stereocenters. The van der Waals surface area contributed by atoms with Crippen molar-refractivity contribution in [1.82, 2.24) is 4.98 Å². The molecule has 1 aromatic heterocycles. The van der Waals surface area contributed by atoms with Crippen LogP contribution >= 0.6 is 11.3 Å². The van der Waals surface area contributed by atoms with Gasteiger partial charge in [-0.2, -0.15) is 0 Å². The van der Waals surface area contributed by atoms with E-state index in [1.807, 2.05) is 11.3 Å². The molecule has 0 saturated heterocycles. The number of anilines is 1. The second kappa shape index (κ2) is 4.30. The molecule has 1 heterocycles. The summed E-state index contributed by atoms with van der Waals surface area (Å²) in [5, 5.41) is 1.21. The fourth-order valence-corrected chi connectivity index (χ4v) is 3.19. The van der Waals surface area contributed by atoms with Gasteiger partial charge in [-0.25, -0.2) is 4.98 Å². The van der Waals surface area contributed by atoms with Gasteiger partial charge in [-0.1, -0.05) is 37.3 Å². The molecule has 0 amide bonds. The van der Waals surface area contributed by atoms with Gasteiger partial charge < -0.3 is 4.90 Å². The molecule has 0 radical (unpaired) electrons. The monoisotopic (exact) mass is 246 g/mol. The van der Waals surface area contributed by atoms with Gasteiger partial charge in [0.1, 0.15) is 0 Å². The Morgan fingerprint density at radius 3 is 2.76 bits per heavy atom. The fraction of sp³-hybridized carbons (Fsp3) is 0.500. The largest absolute Gasteiger partial charge is 0.345 e. The molecule has 0 N–H and O–H groups in total. The first-order valence-electron chi connectivity index (χ1n) is 6.36. The van der Waals surface area contributed by atoms with Gasteiger partial charge >= 0.3 is 0 Å². The van der Waals surface area contributed by atoms with Crippen LogP contribution < -0.4 is 4.90 Å². The van der Waals surface area contributed by atoms with Crippen LogP contribution in [-0.4, -0.2) is 17.6 Å². The number of benzene rings is 1. The summed E-state index contributed by atoms with van der Waals surface area (Å²) in [6.07, 6.45) is 2.67. The third kappa shape index (κ3) is 2.29. The number of hydrogen-bond donors (Lipinski definition) is 0. The topological polar surface area (TPSA) is 16.1 Å². The molecular weight excluding hydrogens is 228 g/mol. The Hall–Kier alpha value is -1.09. The average molecular weight is 246 g/mol. The third-order valence-corrected chi connectivity index (χ3v) is 4.15. The van der Waals surface area contributed by atoms with Gasteiger partial charge in [-0.15, -0.1) is 0 Å². The maximum Gasteiger partial charge on any atom is 0.186 e. The van der Waals surface area contributed by atoms with Crippen molar-refractivity contribution in [1.29, 1.82) is 0 Å². The van der Waals surface area contributed by atoms with Crippen molar-refractivity contribution in [3.05, 3.63) is 24.3 Å². The second-order valence-electron chi connectivity index (χ2n) is 5.24. The van der Waals surface area contributed by atoms with Gasteiger partial charge in [-0.05, 0) is 30.9 Å². The zero-order chi connectivity index (χ0) is 11.8. The number of thiazole rings is 1. The first kappa shape index (κ1) is 11.0. The van der Waals surface area contributed by atoms with Crippen LogP contribution in [0, 0.1) is 5.92 Å². The van der Waals surface area contributed by atoms with E-state index in [1.165, 1.54) is 22.7 Å². The minimum Gasteiger partial charge on any atom is -0.345 e. The minimum absolute atomic E-state index is 0.697. The highest BCUT2D eigenvalue weighted by Gasteiger charge is 2.31. The van der Waals surface area contributed by atoms with Crippen LogP contribution in [0.25, 0.3) is 10.2 Å². The lowest BCUT2D eigenvalue weighted by molar-refractivity contribution is 0.606. The van der Waals surface area contributed by atoms with Crippen molar-refractivity contribution >= 4 is 26.7 Å². The van der Waals surface area contributed by atoms with Gasteiger partial charge in [-0.3, -0.25) is 0 Å². The van der Waals surface area contributed by atoms with Gasteiger partial charge in [0.05, 0.1) is 10.2 Å². The van der Waals surface area contributed by atoms with E-state index in [4.69, 9.17) is 4.98 Å². The Balaban J connectivity index is 1.94. The maximum absolute atomic E-state index is 4.77. The zero-order valence-electron chi connectivity index (χ0n) is 10.4. The van der Waals surface area contributed by atoms with Gasteiger partial charge in [0.2, 0.25) is 0 Å². The summed E-state index contributed by atoms with van der Waals surface area (Å²) in [4.78, 5) is 7.28. The van der Waals surface area contributed by atoms with Crippen LogP contribution in [0.3, 0.4) is 0 Å². The van der Waals surface area contributed by atoms with E-state index in [-0.39, 0.29) is 0 Å². The molecule has 1 saturated carbocycles. The molecule has 3 rings (SSSR count). The average Bonchev–Trinajstić information content (AvgIpc) is 3.04. The van der Waals surface area contributed by atoms with Gasteiger partial charge in [0.25, 0.3) is 0 Å². The lowest BCUT2D eigenvalue weighted by Crippen LogP contribution is -2.29. The summed E-state index contributed by atoms with van der Waals surface area (Å²) in [6, 6.07) is 9.18. The molecule has 3 heteroatoms. The molecule has 1 fully saturated rings. The van der Waals surface area contributed by atoms with E-state index in [2.05, 4.69) is 43.0 Å². The van der Waals surface area contributed by atoms with Crippen LogP contribution in [0.5, 0.6) is 0 Å². The van der Waals surface area contributed by atoms with Gasteiger partial charge in [0.15, 0.2) is 5.13 Å². The van der Waals surface area contributed by atoms with Crippen LogP contribution in [-0.2, 0) is 0 Å². The Kier molecular flexibility index (Phi) is 2.79. The molecule has 0 aliphatic heterocycles. The summed E-state index contributed by atoms with van der Waals surface area (Å²) in [7, 11) is 0. The summed E-state index contributed by atoms with van der Waals surface area (Å²) in [5.41, 5.74) is 1.14. The van der Waals surface area contributed by atoms with Crippen LogP contribution in [0.15, 0.2) is 24.3 Å². The molecular formula is C14H18N2S. The first-order valence-corrected chi connectivity index (χ1v) is 7.18. The van der Waals surface area contributed by atoms with Crippen molar-refractivity contribution in [3.8, 4) is 0 Å². The van der Waals surface area contributed by atoms with E-state index in [9.17, 15) is 0 Å². The van der Waals surface area contributed by atoms with Crippen molar-refractivity contribution in [2.75, 3.05) is 11.4 Å². The Labute approximate surface area is 106 Å². The lowest BCUT2D eigenvalue weighted by atomic mass is 10.2. The number of hydrogen-bond acceptors (Lipinski definition) is 3. The van der Waals surface area contributed by atoms with Crippen molar-refractivity contribution in [3.63, 3.8) is 0 Å². The molecule has 0 atom stereocenters. The Bertz CT molecular complexity index is 481. The molecule has 0 bridgehead atoms. The third-order valence-electron chi connectivity index (χ3n) is 3.08. The van der Waals surface area contributed by atoms with E-state index in [0.717, 1.165) is 18.1 Å². The van der Waals surface area contributed by atoms with E-state index in [1.54, 1.807) is 0 Å². The van der Waals surface area contributed by atoms with Crippen molar-refractivity contribution in [2.45, 2.75) is 32.7 Å². The van der Waals surface area contributed by atoms with E-state index < -0.39 is 0 Å². The fourth-order valence-electron chi connectivity index (χ4n) is 2.15. The number of nitrogens with zero attached hydrogens (tertiary/aromatic N) is 2. The molecule has 2 nitrogen and oxygen atoms in total. The van der Waals surface area contributed by atoms with Crippen LogP contribution in [0.1, 0.15) is 26.7 Å². The molecule has 1 aliphatic rings. The highest BCUT2D eigenvalue weighted by Crippen LogP contribution is 2.36. The normalized spacial score (nSPS) is 15.7. The lowest BCUT2D eigenvalue weighted by Gasteiger charge is -2.23. The predicted molar refractivity (Wildman–Crippen MR) is 74.8 cm³/mol. The highest BCUT2D eigenvalue weighted by atomic mass is 32.1. The predicted octanol–water partition coefficient (Wildman–Crippen LogP) is 3.92. The molecule has 17 heavy (non-hydrogen) atoms. The van der Waals surface area contributed by atoms with E-state index in [0.29, 0.717) is 5.92 Å².